The molecule has 0 spiro atoms. The highest BCUT2D eigenvalue weighted by molar-refractivity contribution is 6.14. The van der Waals surface area contributed by atoms with Crippen LogP contribution in [0, 0.1) is 0 Å². The third-order valence-electron chi connectivity index (χ3n) is 2.65. The molecule has 4 atom stereocenters. The molecule has 1 unspecified atom stereocenters. The number of ether oxygens (including phenoxy) is 1. The van der Waals surface area contributed by atoms with Crippen LogP contribution in [-0.4, -0.2) is 53.3 Å². The Bertz CT molecular complexity index is 334. The molecule has 0 aromatic carbocycles. The largest absolute Gasteiger partial charge is 0.394 e. The van der Waals surface area contributed by atoms with Gasteiger partial charge in [0.25, 0.3) is 0 Å². The lowest BCUT2D eigenvalue weighted by Crippen LogP contribution is -2.53. The lowest BCUT2D eigenvalue weighted by atomic mass is 9.77. The summed E-state index contributed by atoms with van der Waals surface area (Å²) in [6.07, 6.45) is -1.63. The van der Waals surface area contributed by atoms with Crippen LogP contribution >= 0.6 is 0 Å². The third-order valence-corrected chi connectivity index (χ3v) is 2.65. The summed E-state index contributed by atoms with van der Waals surface area (Å²) in [4.78, 5) is 0. The molecule has 4 nitrogen and oxygen atoms in total. The number of rotatable bonds is 2. The number of hydrogen-bond donors (Lipinski definition) is 3. The van der Waals surface area contributed by atoms with Gasteiger partial charge in [0.1, 0.15) is 12.2 Å². The lowest BCUT2D eigenvalue weighted by molar-refractivity contribution is -0.144. The molecule has 0 saturated carbocycles. The highest BCUT2D eigenvalue weighted by atomic mass is 19.2. The van der Waals surface area contributed by atoms with Gasteiger partial charge in [0.15, 0.2) is 13.4 Å². The van der Waals surface area contributed by atoms with Crippen LogP contribution < -0.4 is 0 Å². The van der Waals surface area contributed by atoms with Gasteiger partial charge in [-0.3, -0.25) is 0 Å². The molecular formula is C10H16BFO4. The molecule has 6 heteroatoms. The minimum absolute atomic E-state index is 0.564. The molecule has 3 N–H and O–H groups in total. The summed E-state index contributed by atoms with van der Waals surface area (Å²) in [5.41, 5.74) is 1.17. The molecule has 0 aromatic rings. The van der Waals surface area contributed by atoms with Crippen molar-refractivity contribution in [3.05, 3.63) is 17.4 Å². The molecule has 16 heavy (non-hydrogen) atoms. The van der Waals surface area contributed by atoms with E-state index in [1.807, 2.05) is 0 Å². The normalized spacial score (nSPS) is 42.9. The van der Waals surface area contributed by atoms with Gasteiger partial charge in [0.2, 0.25) is 5.75 Å². The van der Waals surface area contributed by atoms with E-state index in [9.17, 15) is 14.6 Å². The van der Waals surface area contributed by atoms with E-state index in [0.717, 1.165) is 19.5 Å². The van der Waals surface area contributed by atoms with Crippen LogP contribution in [0.25, 0.3) is 0 Å². The zero-order valence-electron chi connectivity index (χ0n) is 9.57. The Balaban J connectivity index is 3.14. The molecule has 1 aliphatic rings. The van der Waals surface area contributed by atoms with Crippen LogP contribution in [-0.2, 0) is 4.74 Å². The maximum absolute atomic E-state index is 14.0. The van der Waals surface area contributed by atoms with Crippen molar-refractivity contribution in [2.45, 2.75) is 37.4 Å². The van der Waals surface area contributed by atoms with Gasteiger partial charge in [-0.15, -0.1) is 5.73 Å². The summed E-state index contributed by atoms with van der Waals surface area (Å²) < 4.78 is 18.7. The first kappa shape index (κ1) is 13.4. The summed E-state index contributed by atoms with van der Waals surface area (Å²) in [6, 6.07) is 0. The Morgan fingerprint density at radius 3 is 2.56 bits per heavy atom. The van der Waals surface area contributed by atoms with Gasteiger partial charge in [-0.2, -0.15) is 0 Å². The highest BCUT2D eigenvalue weighted by Gasteiger charge is 2.61. The Hall–Kier alpha value is -0.645. The summed E-state index contributed by atoms with van der Waals surface area (Å²) in [5.74, 6) is -2.46. The second-order valence-electron chi connectivity index (χ2n) is 4.31. The third kappa shape index (κ3) is 2.07. The molecule has 0 amide bonds. The van der Waals surface area contributed by atoms with Gasteiger partial charge in [-0.05, 0) is 25.5 Å². The Morgan fingerprint density at radius 2 is 2.19 bits per heavy atom. The lowest BCUT2D eigenvalue weighted by Gasteiger charge is -2.29. The molecule has 0 bridgehead atoms. The first-order chi connectivity index (χ1) is 7.24. The van der Waals surface area contributed by atoms with Crippen molar-refractivity contribution in [2.75, 3.05) is 6.61 Å². The molecule has 1 rings (SSSR count). The van der Waals surface area contributed by atoms with E-state index in [-0.39, 0.29) is 0 Å². The van der Waals surface area contributed by atoms with Crippen molar-refractivity contribution >= 4 is 7.85 Å². The maximum Gasteiger partial charge on any atom is 0.202 e. The fourth-order valence-electron chi connectivity index (χ4n) is 1.60. The topological polar surface area (TPSA) is 69.9 Å². The van der Waals surface area contributed by atoms with E-state index in [1.165, 1.54) is 0 Å². The first-order valence-electron chi connectivity index (χ1n) is 5.03. The Labute approximate surface area is 94.5 Å². The second-order valence-corrected chi connectivity index (χ2v) is 4.31. The fourth-order valence-corrected chi connectivity index (χ4v) is 1.60. The van der Waals surface area contributed by atoms with Crippen LogP contribution in [0.3, 0.4) is 0 Å². The molecule has 1 heterocycles. The van der Waals surface area contributed by atoms with Crippen molar-refractivity contribution in [2.24, 2.45) is 0 Å². The quantitative estimate of drug-likeness (QED) is 0.413. The maximum atomic E-state index is 14.0. The molecule has 1 fully saturated rings. The van der Waals surface area contributed by atoms with Gasteiger partial charge in [-0.25, -0.2) is 4.39 Å². The van der Waals surface area contributed by atoms with E-state index in [4.69, 9.17) is 9.84 Å². The number of hydrogen-bond acceptors (Lipinski definition) is 4. The highest BCUT2D eigenvalue weighted by Crippen LogP contribution is 2.39. The molecule has 0 aliphatic carbocycles. The minimum Gasteiger partial charge on any atom is -0.394 e. The van der Waals surface area contributed by atoms with Crippen molar-refractivity contribution in [1.82, 2.24) is 0 Å². The van der Waals surface area contributed by atoms with Crippen molar-refractivity contribution in [1.29, 1.82) is 0 Å². The zero-order chi connectivity index (χ0) is 12.6. The van der Waals surface area contributed by atoms with Gasteiger partial charge < -0.3 is 20.1 Å². The van der Waals surface area contributed by atoms with Crippen molar-refractivity contribution < 1.29 is 24.4 Å². The van der Waals surface area contributed by atoms with Crippen LogP contribution in [0.5, 0.6) is 0 Å². The molecule has 90 valence electrons. The predicted molar refractivity (Wildman–Crippen MR) is 58.2 cm³/mol. The monoisotopic (exact) mass is 230 g/mol. The summed E-state index contributed by atoms with van der Waals surface area (Å²) >= 11 is 0. The van der Waals surface area contributed by atoms with E-state index in [0.29, 0.717) is 0 Å². The number of aliphatic hydroxyl groups is 3. The molecule has 0 aromatic heterocycles. The van der Waals surface area contributed by atoms with Gasteiger partial charge in [0, 0.05) is 0 Å². The number of halogens is 1. The van der Waals surface area contributed by atoms with Gasteiger partial charge >= 0.3 is 0 Å². The number of alkyl halides is 1. The van der Waals surface area contributed by atoms with Crippen LogP contribution in [0.4, 0.5) is 4.39 Å². The summed E-state index contributed by atoms with van der Waals surface area (Å²) in [7, 11) is 1.01. The predicted octanol–water partition coefficient (Wildman–Crippen LogP) is -1.15. The van der Waals surface area contributed by atoms with E-state index < -0.39 is 30.2 Å². The second kappa shape index (κ2) is 4.32. The molecule has 0 radical (unpaired) electrons. The molecular weight excluding hydrogens is 214 g/mol. The smallest absolute Gasteiger partial charge is 0.202 e. The standard InChI is InChI=1S/C10H16BFO4/c1-6(2)3-4-9(15)8(14)7(5-13)16-10(9,11)12/h4,7-8,13-15H,5,11H2,1-2H3/t7-,8+,9?,10-/m1/s1. The Kier molecular flexibility index (Phi) is 3.62. The van der Waals surface area contributed by atoms with E-state index in [2.05, 4.69) is 5.73 Å². The first-order valence-corrected chi connectivity index (χ1v) is 5.03. The Morgan fingerprint density at radius 1 is 1.62 bits per heavy atom. The van der Waals surface area contributed by atoms with Crippen LogP contribution in [0.1, 0.15) is 13.8 Å². The summed E-state index contributed by atoms with van der Waals surface area (Å²) in [5, 5.41) is 28.6. The van der Waals surface area contributed by atoms with Gasteiger partial charge in [-0.1, -0.05) is 0 Å². The van der Waals surface area contributed by atoms with E-state index >= 15 is 0 Å². The molecule has 1 aliphatic heterocycles. The SMILES string of the molecule is B[C@]1(F)O[C@H](CO)[C@H](O)C1(O)C=C=C(C)C. The van der Waals surface area contributed by atoms with Gasteiger partial charge in [0.05, 0.1) is 6.61 Å². The van der Waals surface area contributed by atoms with Crippen molar-refractivity contribution in [3.8, 4) is 0 Å². The number of aliphatic hydroxyl groups excluding tert-OH is 2. The summed E-state index contributed by atoms with van der Waals surface area (Å²) in [6.45, 7) is 2.88. The zero-order valence-corrected chi connectivity index (χ0v) is 9.57. The minimum atomic E-state index is -2.46. The average Bonchev–Trinajstić information content (AvgIpc) is 2.36. The van der Waals surface area contributed by atoms with E-state index in [1.54, 1.807) is 13.8 Å². The van der Waals surface area contributed by atoms with Crippen LogP contribution in [0.15, 0.2) is 17.4 Å². The van der Waals surface area contributed by atoms with Crippen molar-refractivity contribution in [3.63, 3.8) is 0 Å². The van der Waals surface area contributed by atoms with Crippen LogP contribution in [0.2, 0.25) is 0 Å². The molecule has 1 saturated heterocycles. The average molecular weight is 230 g/mol. The fraction of sp³-hybridized carbons (Fsp3) is 0.700.